The molecule has 0 unspecified atom stereocenters. The first-order valence-electron chi connectivity index (χ1n) is 6.16. The van der Waals surface area contributed by atoms with Gasteiger partial charge in [-0.05, 0) is 51.0 Å². The fourth-order valence-electron chi connectivity index (χ4n) is 1.57. The van der Waals surface area contributed by atoms with Crippen LogP contribution in [0.2, 0.25) is 0 Å². The van der Waals surface area contributed by atoms with E-state index in [4.69, 9.17) is 4.74 Å². The molecule has 0 spiro atoms. The summed E-state index contributed by atoms with van der Waals surface area (Å²) < 4.78 is 18.3. The van der Waals surface area contributed by atoms with Crippen LogP contribution in [0, 0.1) is 12.7 Å². The van der Waals surface area contributed by atoms with Gasteiger partial charge in [0.15, 0.2) is 0 Å². The molecule has 0 fully saturated rings. The zero-order valence-electron chi connectivity index (χ0n) is 11.1. The molecule has 0 radical (unpaired) electrons. The minimum Gasteiger partial charge on any atom is -0.379 e. The molecular weight excluding hydrogens is 233 g/mol. The van der Waals surface area contributed by atoms with Crippen LogP contribution in [-0.4, -0.2) is 25.2 Å². The number of carbonyl (C=O) groups is 1. The van der Waals surface area contributed by atoms with Crippen molar-refractivity contribution in [3.05, 3.63) is 35.1 Å². The quantitative estimate of drug-likeness (QED) is 0.792. The maximum absolute atomic E-state index is 12.9. The zero-order chi connectivity index (χ0) is 13.5. The molecule has 0 saturated carbocycles. The van der Waals surface area contributed by atoms with Gasteiger partial charge in [-0.3, -0.25) is 4.79 Å². The Balaban J connectivity index is 2.36. The molecular formula is C14H20FNO2. The van der Waals surface area contributed by atoms with Gasteiger partial charge in [-0.1, -0.05) is 0 Å². The molecule has 3 nitrogen and oxygen atoms in total. The third-order valence-corrected chi connectivity index (χ3v) is 2.49. The Kier molecular flexibility index (Phi) is 5.78. The zero-order valence-corrected chi connectivity index (χ0v) is 11.1. The molecule has 0 aliphatic heterocycles. The molecule has 0 saturated heterocycles. The van der Waals surface area contributed by atoms with Gasteiger partial charge in [0.2, 0.25) is 0 Å². The van der Waals surface area contributed by atoms with E-state index in [0.717, 1.165) is 6.42 Å². The number of amides is 1. The molecule has 0 aliphatic carbocycles. The lowest BCUT2D eigenvalue weighted by molar-refractivity contribution is 0.0757. The summed E-state index contributed by atoms with van der Waals surface area (Å²) in [6.07, 6.45) is 0.976. The topological polar surface area (TPSA) is 38.3 Å². The van der Waals surface area contributed by atoms with Crippen molar-refractivity contribution in [1.29, 1.82) is 0 Å². The summed E-state index contributed by atoms with van der Waals surface area (Å²) in [5, 5.41) is 2.79. The molecule has 1 amide bonds. The smallest absolute Gasteiger partial charge is 0.251 e. The van der Waals surface area contributed by atoms with E-state index >= 15 is 0 Å². The van der Waals surface area contributed by atoms with Crippen molar-refractivity contribution in [3.8, 4) is 0 Å². The molecule has 0 aliphatic rings. The summed E-state index contributed by atoms with van der Waals surface area (Å²) in [6, 6.07) is 4.16. The number of benzene rings is 1. The van der Waals surface area contributed by atoms with Crippen molar-refractivity contribution >= 4 is 5.91 Å². The molecule has 0 heterocycles. The third-order valence-electron chi connectivity index (χ3n) is 2.49. The van der Waals surface area contributed by atoms with Gasteiger partial charge in [-0.2, -0.15) is 0 Å². The van der Waals surface area contributed by atoms with Crippen LogP contribution >= 0.6 is 0 Å². The lowest BCUT2D eigenvalue weighted by Gasteiger charge is -2.09. The van der Waals surface area contributed by atoms with Crippen molar-refractivity contribution in [2.45, 2.75) is 33.3 Å². The number of ether oxygens (including phenoxy) is 1. The van der Waals surface area contributed by atoms with Gasteiger partial charge in [-0.15, -0.1) is 0 Å². The van der Waals surface area contributed by atoms with Crippen molar-refractivity contribution in [2.75, 3.05) is 13.2 Å². The van der Waals surface area contributed by atoms with Crippen LogP contribution in [0.15, 0.2) is 18.2 Å². The number of carbonyl (C=O) groups excluding carboxylic acids is 1. The summed E-state index contributed by atoms with van der Waals surface area (Å²) in [6.45, 7) is 6.85. The van der Waals surface area contributed by atoms with Crippen LogP contribution in [0.3, 0.4) is 0 Å². The molecule has 0 bridgehead atoms. The molecule has 1 N–H and O–H groups in total. The number of hydrogen-bond acceptors (Lipinski definition) is 2. The molecule has 4 heteroatoms. The summed E-state index contributed by atoms with van der Waals surface area (Å²) >= 11 is 0. The maximum Gasteiger partial charge on any atom is 0.251 e. The van der Waals surface area contributed by atoms with Crippen molar-refractivity contribution < 1.29 is 13.9 Å². The van der Waals surface area contributed by atoms with E-state index < -0.39 is 0 Å². The van der Waals surface area contributed by atoms with Crippen LogP contribution < -0.4 is 5.32 Å². The summed E-state index contributed by atoms with van der Waals surface area (Å²) in [5.41, 5.74) is 1.16. The van der Waals surface area contributed by atoms with E-state index in [1.54, 1.807) is 6.92 Å². The van der Waals surface area contributed by atoms with Crippen LogP contribution in [0.5, 0.6) is 0 Å². The normalized spacial score (nSPS) is 10.7. The Hall–Kier alpha value is -1.42. The highest BCUT2D eigenvalue weighted by molar-refractivity contribution is 5.95. The Morgan fingerprint density at radius 1 is 1.44 bits per heavy atom. The second kappa shape index (κ2) is 7.11. The fourth-order valence-corrected chi connectivity index (χ4v) is 1.57. The molecule has 1 aromatic rings. The van der Waals surface area contributed by atoms with E-state index in [1.165, 1.54) is 18.2 Å². The monoisotopic (exact) mass is 253 g/mol. The number of aryl methyl sites for hydroxylation is 1. The Morgan fingerprint density at radius 3 is 2.78 bits per heavy atom. The third kappa shape index (κ3) is 4.84. The van der Waals surface area contributed by atoms with E-state index in [-0.39, 0.29) is 17.8 Å². The van der Waals surface area contributed by atoms with Crippen molar-refractivity contribution in [1.82, 2.24) is 5.32 Å². The molecule has 0 atom stereocenters. The Morgan fingerprint density at radius 2 is 2.17 bits per heavy atom. The average molecular weight is 253 g/mol. The van der Waals surface area contributed by atoms with Gasteiger partial charge >= 0.3 is 0 Å². The highest BCUT2D eigenvalue weighted by atomic mass is 19.1. The van der Waals surface area contributed by atoms with Crippen LogP contribution in [-0.2, 0) is 4.74 Å². The van der Waals surface area contributed by atoms with Gasteiger partial charge in [0, 0.05) is 18.7 Å². The fraction of sp³-hybridized carbons (Fsp3) is 0.500. The molecule has 0 aromatic heterocycles. The van der Waals surface area contributed by atoms with E-state index in [9.17, 15) is 9.18 Å². The lowest BCUT2D eigenvalue weighted by atomic mass is 10.1. The molecule has 1 rings (SSSR count). The number of nitrogens with one attached hydrogen (secondary N) is 1. The lowest BCUT2D eigenvalue weighted by Crippen LogP contribution is -2.26. The van der Waals surface area contributed by atoms with Gasteiger partial charge in [0.25, 0.3) is 5.91 Å². The van der Waals surface area contributed by atoms with E-state index in [0.29, 0.717) is 24.3 Å². The SMILES string of the molecule is Cc1cc(F)ccc1C(=O)NCCCOC(C)C. The van der Waals surface area contributed by atoms with Gasteiger partial charge < -0.3 is 10.1 Å². The first-order valence-corrected chi connectivity index (χ1v) is 6.16. The highest BCUT2D eigenvalue weighted by Gasteiger charge is 2.08. The van der Waals surface area contributed by atoms with E-state index in [2.05, 4.69) is 5.32 Å². The van der Waals surface area contributed by atoms with Crippen molar-refractivity contribution in [2.24, 2.45) is 0 Å². The number of hydrogen-bond donors (Lipinski definition) is 1. The Bertz CT molecular complexity index is 405. The van der Waals surface area contributed by atoms with Gasteiger partial charge in [-0.25, -0.2) is 4.39 Å². The van der Waals surface area contributed by atoms with E-state index in [1.807, 2.05) is 13.8 Å². The highest BCUT2D eigenvalue weighted by Crippen LogP contribution is 2.09. The predicted molar refractivity (Wildman–Crippen MR) is 69.2 cm³/mol. The first-order chi connectivity index (χ1) is 8.50. The van der Waals surface area contributed by atoms with Gasteiger partial charge in [0.1, 0.15) is 5.82 Å². The second-order valence-corrected chi connectivity index (χ2v) is 4.49. The molecule has 18 heavy (non-hydrogen) atoms. The number of rotatable bonds is 6. The largest absolute Gasteiger partial charge is 0.379 e. The minimum atomic E-state index is -0.325. The summed E-state index contributed by atoms with van der Waals surface area (Å²) in [7, 11) is 0. The average Bonchev–Trinajstić information content (AvgIpc) is 2.27. The summed E-state index contributed by atoms with van der Waals surface area (Å²) in [5.74, 6) is -0.494. The standard InChI is InChI=1S/C14H20FNO2/c1-10(2)18-8-4-7-16-14(17)13-6-5-12(15)9-11(13)3/h5-6,9-10H,4,7-8H2,1-3H3,(H,16,17). The summed E-state index contributed by atoms with van der Waals surface area (Å²) in [4.78, 5) is 11.8. The maximum atomic E-state index is 12.9. The van der Waals surface area contributed by atoms with Crippen LogP contribution in [0.1, 0.15) is 36.2 Å². The Labute approximate surface area is 107 Å². The van der Waals surface area contributed by atoms with Gasteiger partial charge in [0.05, 0.1) is 6.10 Å². The van der Waals surface area contributed by atoms with Crippen LogP contribution in [0.25, 0.3) is 0 Å². The second-order valence-electron chi connectivity index (χ2n) is 4.49. The van der Waals surface area contributed by atoms with Crippen LogP contribution in [0.4, 0.5) is 4.39 Å². The predicted octanol–water partition coefficient (Wildman–Crippen LogP) is 2.68. The minimum absolute atomic E-state index is 0.169. The molecule has 100 valence electrons. The number of halogens is 1. The first kappa shape index (κ1) is 14.6. The molecule has 1 aromatic carbocycles. The van der Waals surface area contributed by atoms with Crippen molar-refractivity contribution in [3.63, 3.8) is 0 Å².